The largest absolute Gasteiger partial charge is 0.495 e. The van der Waals surface area contributed by atoms with E-state index < -0.39 is 0 Å². The van der Waals surface area contributed by atoms with Crippen molar-refractivity contribution in [1.82, 2.24) is 0 Å². The molecule has 0 aliphatic heterocycles. The van der Waals surface area contributed by atoms with Crippen molar-refractivity contribution in [3.8, 4) is 16.9 Å². The zero-order valence-corrected chi connectivity index (χ0v) is 11.3. The Morgan fingerprint density at radius 1 is 0.882 bits per heavy atom. The van der Waals surface area contributed by atoms with Crippen molar-refractivity contribution in [2.45, 2.75) is 0 Å². The first-order chi connectivity index (χ1) is 8.13. The van der Waals surface area contributed by atoms with Gasteiger partial charge in [0.1, 0.15) is 5.75 Å². The first-order valence-corrected chi connectivity index (χ1v) is 6.05. The molecule has 0 aromatic heterocycles. The third-order valence-corrected chi connectivity index (χ3v) is 3.33. The fourth-order valence-electron chi connectivity index (χ4n) is 1.60. The van der Waals surface area contributed by atoms with Gasteiger partial charge in [-0.25, -0.2) is 0 Å². The van der Waals surface area contributed by atoms with Crippen molar-refractivity contribution < 1.29 is 4.74 Å². The van der Waals surface area contributed by atoms with E-state index in [4.69, 9.17) is 39.5 Å². The van der Waals surface area contributed by atoms with E-state index >= 15 is 0 Å². The Hall–Kier alpha value is -0.890. The second-order valence-corrected chi connectivity index (χ2v) is 4.67. The summed E-state index contributed by atoms with van der Waals surface area (Å²) >= 11 is 18.3. The molecule has 0 unspecified atom stereocenters. The number of halogens is 3. The molecule has 0 amide bonds. The molecule has 2 aromatic rings. The summed E-state index contributed by atoms with van der Waals surface area (Å²) in [7, 11) is 1.57. The zero-order valence-electron chi connectivity index (χ0n) is 9.01. The van der Waals surface area contributed by atoms with Crippen molar-refractivity contribution >= 4 is 34.8 Å². The van der Waals surface area contributed by atoms with Crippen LogP contribution in [0.4, 0.5) is 0 Å². The third-order valence-electron chi connectivity index (χ3n) is 2.40. The van der Waals surface area contributed by atoms with Crippen LogP contribution in [0.2, 0.25) is 15.1 Å². The number of benzene rings is 2. The fourth-order valence-corrected chi connectivity index (χ4v) is 2.47. The van der Waals surface area contributed by atoms with Crippen LogP contribution in [-0.2, 0) is 0 Å². The van der Waals surface area contributed by atoms with Crippen LogP contribution in [0.15, 0.2) is 36.4 Å². The van der Waals surface area contributed by atoms with E-state index in [1.165, 1.54) is 0 Å². The van der Waals surface area contributed by atoms with Crippen LogP contribution in [0.3, 0.4) is 0 Å². The first-order valence-electron chi connectivity index (χ1n) is 4.91. The van der Waals surface area contributed by atoms with Crippen LogP contribution in [0.25, 0.3) is 11.1 Å². The molecule has 2 rings (SSSR count). The molecule has 0 saturated carbocycles. The van der Waals surface area contributed by atoms with Crippen molar-refractivity contribution in [2.24, 2.45) is 0 Å². The Morgan fingerprint density at radius 3 is 2.06 bits per heavy atom. The highest BCUT2D eigenvalue weighted by atomic mass is 35.5. The maximum atomic E-state index is 6.13. The summed E-state index contributed by atoms with van der Waals surface area (Å²) < 4.78 is 5.10. The molecule has 0 saturated heterocycles. The van der Waals surface area contributed by atoms with Crippen LogP contribution < -0.4 is 4.74 Å². The summed E-state index contributed by atoms with van der Waals surface area (Å²) in [6.07, 6.45) is 0. The first kappa shape index (κ1) is 12.6. The number of ether oxygens (including phenoxy) is 1. The van der Waals surface area contributed by atoms with E-state index in [-0.39, 0.29) is 0 Å². The van der Waals surface area contributed by atoms with Gasteiger partial charge in [0, 0.05) is 15.6 Å². The summed E-state index contributed by atoms with van der Waals surface area (Å²) in [5, 5.41) is 1.72. The molecule has 0 aliphatic carbocycles. The summed E-state index contributed by atoms with van der Waals surface area (Å²) in [5.41, 5.74) is 1.65. The van der Waals surface area contributed by atoms with Gasteiger partial charge in [-0.2, -0.15) is 0 Å². The average molecular weight is 288 g/mol. The van der Waals surface area contributed by atoms with Gasteiger partial charge in [0.25, 0.3) is 0 Å². The zero-order chi connectivity index (χ0) is 12.4. The van der Waals surface area contributed by atoms with Gasteiger partial charge in [0.15, 0.2) is 0 Å². The highest BCUT2D eigenvalue weighted by Crippen LogP contribution is 2.37. The molecular formula is C13H9Cl3O. The fraction of sp³-hybridized carbons (Fsp3) is 0.0769. The normalized spacial score (nSPS) is 10.4. The van der Waals surface area contributed by atoms with Crippen LogP contribution in [0, 0.1) is 0 Å². The van der Waals surface area contributed by atoms with Gasteiger partial charge in [-0.05, 0) is 29.8 Å². The van der Waals surface area contributed by atoms with Crippen molar-refractivity contribution in [3.05, 3.63) is 51.5 Å². The molecule has 0 radical (unpaired) electrons. The summed E-state index contributed by atoms with van der Waals surface area (Å²) in [4.78, 5) is 0. The van der Waals surface area contributed by atoms with Crippen molar-refractivity contribution in [2.75, 3.05) is 7.11 Å². The van der Waals surface area contributed by atoms with Gasteiger partial charge in [0.05, 0.1) is 12.1 Å². The van der Waals surface area contributed by atoms with Crippen molar-refractivity contribution in [3.63, 3.8) is 0 Å². The predicted molar refractivity (Wildman–Crippen MR) is 73.5 cm³/mol. The van der Waals surface area contributed by atoms with E-state index in [9.17, 15) is 0 Å². The highest BCUT2D eigenvalue weighted by molar-refractivity contribution is 6.39. The number of rotatable bonds is 2. The van der Waals surface area contributed by atoms with Gasteiger partial charge in [-0.3, -0.25) is 0 Å². The quantitative estimate of drug-likeness (QED) is 0.726. The van der Waals surface area contributed by atoms with E-state index in [0.717, 1.165) is 11.1 Å². The Balaban J connectivity index is 2.57. The van der Waals surface area contributed by atoms with Crippen LogP contribution in [-0.4, -0.2) is 7.11 Å². The molecule has 0 N–H and O–H groups in total. The van der Waals surface area contributed by atoms with Gasteiger partial charge in [0.2, 0.25) is 0 Å². The van der Waals surface area contributed by atoms with Crippen LogP contribution >= 0.6 is 34.8 Å². The Labute approximate surface area is 115 Å². The molecule has 0 aliphatic rings. The number of methoxy groups -OCH3 is 1. The van der Waals surface area contributed by atoms with Gasteiger partial charge >= 0.3 is 0 Å². The molecule has 0 spiro atoms. The lowest BCUT2D eigenvalue weighted by atomic mass is 10.1. The smallest absolute Gasteiger partial charge is 0.137 e. The molecule has 4 heteroatoms. The van der Waals surface area contributed by atoms with E-state index in [2.05, 4.69) is 0 Å². The molecule has 2 aromatic carbocycles. The molecule has 17 heavy (non-hydrogen) atoms. The van der Waals surface area contributed by atoms with Gasteiger partial charge < -0.3 is 4.74 Å². The Bertz CT molecular complexity index is 532. The summed E-state index contributed by atoms with van der Waals surface area (Å²) in [6, 6.07) is 10.8. The predicted octanol–water partition coefficient (Wildman–Crippen LogP) is 5.32. The van der Waals surface area contributed by atoms with E-state index in [0.29, 0.717) is 20.8 Å². The summed E-state index contributed by atoms with van der Waals surface area (Å²) in [6.45, 7) is 0. The SMILES string of the molecule is COc1ccc(-c2c(Cl)cccc2Cl)cc1Cl. The third kappa shape index (κ3) is 2.52. The lowest BCUT2D eigenvalue weighted by Gasteiger charge is -2.09. The maximum Gasteiger partial charge on any atom is 0.137 e. The molecule has 0 fully saturated rings. The number of hydrogen-bond acceptors (Lipinski definition) is 1. The molecule has 0 heterocycles. The van der Waals surface area contributed by atoms with Crippen LogP contribution in [0.1, 0.15) is 0 Å². The molecule has 88 valence electrons. The average Bonchev–Trinajstić information content (AvgIpc) is 2.29. The maximum absolute atomic E-state index is 6.13. The molecule has 1 nitrogen and oxygen atoms in total. The topological polar surface area (TPSA) is 9.23 Å². The second kappa shape index (κ2) is 5.18. The minimum Gasteiger partial charge on any atom is -0.495 e. The Morgan fingerprint density at radius 2 is 1.53 bits per heavy atom. The van der Waals surface area contributed by atoms with E-state index in [1.807, 2.05) is 6.07 Å². The van der Waals surface area contributed by atoms with E-state index in [1.54, 1.807) is 37.4 Å². The van der Waals surface area contributed by atoms with Gasteiger partial charge in [-0.1, -0.05) is 46.9 Å². The second-order valence-electron chi connectivity index (χ2n) is 3.45. The lowest BCUT2D eigenvalue weighted by molar-refractivity contribution is 0.415. The highest BCUT2D eigenvalue weighted by Gasteiger charge is 2.10. The molecule has 0 atom stereocenters. The Kier molecular flexibility index (Phi) is 3.82. The minimum absolute atomic E-state index is 0.529. The van der Waals surface area contributed by atoms with Crippen LogP contribution in [0.5, 0.6) is 5.75 Å². The summed E-state index contributed by atoms with van der Waals surface area (Å²) in [5.74, 6) is 0.624. The molecule has 0 bridgehead atoms. The lowest BCUT2D eigenvalue weighted by Crippen LogP contribution is -1.86. The van der Waals surface area contributed by atoms with Gasteiger partial charge in [-0.15, -0.1) is 0 Å². The molecular weight excluding hydrogens is 279 g/mol. The van der Waals surface area contributed by atoms with Crippen molar-refractivity contribution in [1.29, 1.82) is 0 Å². The minimum atomic E-state index is 0.529. The monoisotopic (exact) mass is 286 g/mol. The number of hydrogen-bond donors (Lipinski definition) is 0. The standard InChI is InChI=1S/C13H9Cl3O/c1-17-12-6-5-8(7-11(12)16)13-9(14)3-2-4-10(13)15/h2-7H,1H3.